The molecular formula is C16H24ClNO3. The monoisotopic (exact) mass is 313 g/mol. The molecule has 1 N–H and O–H groups in total. The molecule has 0 spiro atoms. The molecule has 4 nitrogen and oxygen atoms in total. The third kappa shape index (κ3) is 5.94. The van der Waals surface area contributed by atoms with Crippen molar-refractivity contribution >= 4 is 17.6 Å². The highest BCUT2D eigenvalue weighted by Crippen LogP contribution is 2.24. The number of carbonyl (C=O) groups is 1. The molecule has 1 unspecified atom stereocenters. The van der Waals surface area contributed by atoms with E-state index in [9.17, 15) is 4.79 Å². The van der Waals surface area contributed by atoms with Gasteiger partial charge in [0.25, 0.3) is 0 Å². The summed E-state index contributed by atoms with van der Waals surface area (Å²) >= 11 is 6.04. The largest absolute Gasteiger partial charge is 0.478 e. The van der Waals surface area contributed by atoms with Crippen molar-refractivity contribution in [1.29, 1.82) is 0 Å². The van der Waals surface area contributed by atoms with Crippen molar-refractivity contribution in [3.05, 3.63) is 28.8 Å². The molecule has 0 saturated carbocycles. The lowest BCUT2D eigenvalue weighted by Gasteiger charge is -2.19. The number of ether oxygens (including phenoxy) is 2. The van der Waals surface area contributed by atoms with Crippen LogP contribution < -0.4 is 10.1 Å². The molecule has 1 rings (SSSR count). The van der Waals surface area contributed by atoms with Gasteiger partial charge in [-0.15, -0.1) is 0 Å². The summed E-state index contributed by atoms with van der Waals surface area (Å²) in [6.45, 7) is 7.71. The van der Waals surface area contributed by atoms with Crippen LogP contribution in [0.1, 0.15) is 39.2 Å². The van der Waals surface area contributed by atoms with E-state index in [1.807, 2.05) is 13.0 Å². The lowest BCUT2D eigenvalue weighted by Crippen LogP contribution is -2.29. The Kier molecular flexibility index (Phi) is 8.16. The summed E-state index contributed by atoms with van der Waals surface area (Å²) in [5.41, 5.74) is 0.943. The van der Waals surface area contributed by atoms with Gasteiger partial charge in [-0.3, -0.25) is 0 Å². The topological polar surface area (TPSA) is 47.6 Å². The van der Waals surface area contributed by atoms with Gasteiger partial charge in [0, 0.05) is 17.1 Å². The summed E-state index contributed by atoms with van der Waals surface area (Å²) in [7, 11) is 0. The van der Waals surface area contributed by atoms with E-state index in [0.717, 1.165) is 18.5 Å². The minimum Gasteiger partial charge on any atom is -0.478 e. The Balaban J connectivity index is 2.82. The van der Waals surface area contributed by atoms with Gasteiger partial charge in [-0.25, -0.2) is 4.79 Å². The fourth-order valence-electron chi connectivity index (χ4n) is 1.89. The van der Waals surface area contributed by atoms with Crippen molar-refractivity contribution < 1.29 is 14.3 Å². The van der Waals surface area contributed by atoms with E-state index >= 15 is 0 Å². The number of benzene rings is 1. The summed E-state index contributed by atoms with van der Waals surface area (Å²) in [5, 5.41) is 3.96. The van der Waals surface area contributed by atoms with Gasteiger partial charge in [-0.2, -0.15) is 0 Å². The highest BCUT2D eigenvalue weighted by Gasteiger charge is 2.20. The zero-order valence-electron chi connectivity index (χ0n) is 12.9. The maximum absolute atomic E-state index is 11.8. The Morgan fingerprint density at radius 3 is 2.71 bits per heavy atom. The van der Waals surface area contributed by atoms with Crippen LogP contribution in [0.3, 0.4) is 0 Å². The number of hydrogen-bond donors (Lipinski definition) is 1. The van der Waals surface area contributed by atoms with Crippen LogP contribution in [0.15, 0.2) is 18.2 Å². The van der Waals surface area contributed by atoms with Crippen molar-refractivity contribution in [1.82, 2.24) is 5.32 Å². The summed E-state index contributed by atoms with van der Waals surface area (Å²) in [6, 6.07) is 5.42. The maximum atomic E-state index is 11.8. The van der Waals surface area contributed by atoms with Crippen LogP contribution in [-0.2, 0) is 16.1 Å². The second kappa shape index (κ2) is 9.64. The van der Waals surface area contributed by atoms with E-state index in [1.54, 1.807) is 19.1 Å². The van der Waals surface area contributed by atoms with Gasteiger partial charge in [-0.1, -0.05) is 25.4 Å². The molecule has 118 valence electrons. The van der Waals surface area contributed by atoms with Crippen molar-refractivity contribution in [3.8, 4) is 5.75 Å². The molecule has 1 aromatic rings. The standard InChI is InChI=1S/C16H24ClNO3/c1-4-9-18-11-12-10-13(17)7-8-15(12)21-14(5-2)16(19)20-6-3/h7-8,10,14,18H,4-6,9,11H2,1-3H3. The van der Waals surface area contributed by atoms with Crippen LogP contribution in [0.4, 0.5) is 0 Å². The van der Waals surface area contributed by atoms with Gasteiger partial charge >= 0.3 is 5.97 Å². The predicted molar refractivity (Wildman–Crippen MR) is 84.8 cm³/mol. The zero-order chi connectivity index (χ0) is 15.7. The van der Waals surface area contributed by atoms with E-state index < -0.39 is 6.10 Å². The van der Waals surface area contributed by atoms with Gasteiger partial charge < -0.3 is 14.8 Å². The summed E-state index contributed by atoms with van der Waals surface area (Å²) in [4.78, 5) is 11.8. The average Bonchev–Trinajstić information content (AvgIpc) is 2.47. The molecule has 0 fully saturated rings. The molecule has 0 aliphatic carbocycles. The smallest absolute Gasteiger partial charge is 0.347 e. The summed E-state index contributed by atoms with van der Waals surface area (Å²) in [6.07, 6.45) is 1.02. The van der Waals surface area contributed by atoms with Crippen molar-refractivity contribution in [3.63, 3.8) is 0 Å². The predicted octanol–water partition coefficient (Wildman–Crippen LogP) is 3.56. The molecular weight excluding hydrogens is 290 g/mol. The first-order valence-electron chi connectivity index (χ1n) is 7.44. The van der Waals surface area contributed by atoms with Gasteiger partial charge in [0.05, 0.1) is 6.61 Å². The minimum atomic E-state index is -0.587. The molecule has 1 aromatic carbocycles. The van der Waals surface area contributed by atoms with Crippen LogP contribution in [0.2, 0.25) is 5.02 Å². The normalized spacial score (nSPS) is 12.0. The number of nitrogens with one attached hydrogen (secondary N) is 1. The molecule has 0 aliphatic rings. The lowest BCUT2D eigenvalue weighted by molar-refractivity contribution is -0.151. The van der Waals surface area contributed by atoms with Gasteiger partial charge in [0.1, 0.15) is 5.75 Å². The van der Waals surface area contributed by atoms with Crippen LogP contribution in [0.25, 0.3) is 0 Å². The van der Waals surface area contributed by atoms with Crippen molar-refractivity contribution in [2.45, 2.75) is 46.3 Å². The molecule has 0 amide bonds. The molecule has 0 heterocycles. The van der Waals surface area contributed by atoms with E-state index in [-0.39, 0.29) is 5.97 Å². The fourth-order valence-corrected chi connectivity index (χ4v) is 2.08. The van der Waals surface area contributed by atoms with E-state index in [1.165, 1.54) is 0 Å². The Morgan fingerprint density at radius 1 is 1.33 bits per heavy atom. The molecule has 0 saturated heterocycles. The third-order valence-electron chi connectivity index (χ3n) is 2.95. The fraction of sp³-hybridized carbons (Fsp3) is 0.562. The zero-order valence-corrected chi connectivity index (χ0v) is 13.7. The maximum Gasteiger partial charge on any atom is 0.347 e. The molecule has 0 aromatic heterocycles. The number of esters is 1. The van der Waals surface area contributed by atoms with E-state index in [2.05, 4.69) is 12.2 Å². The summed E-state index contributed by atoms with van der Waals surface area (Å²) < 4.78 is 10.8. The highest BCUT2D eigenvalue weighted by atomic mass is 35.5. The quantitative estimate of drug-likeness (QED) is 0.559. The molecule has 21 heavy (non-hydrogen) atoms. The van der Waals surface area contributed by atoms with Gasteiger partial charge in [0.15, 0.2) is 6.10 Å². The molecule has 0 radical (unpaired) electrons. The highest BCUT2D eigenvalue weighted by molar-refractivity contribution is 6.30. The van der Waals surface area contributed by atoms with Gasteiger partial charge in [0.2, 0.25) is 0 Å². The Hall–Kier alpha value is -1.26. The van der Waals surface area contributed by atoms with Crippen molar-refractivity contribution in [2.24, 2.45) is 0 Å². The van der Waals surface area contributed by atoms with Crippen LogP contribution >= 0.6 is 11.6 Å². The Bertz CT molecular complexity index is 451. The lowest BCUT2D eigenvalue weighted by atomic mass is 10.2. The van der Waals surface area contributed by atoms with Crippen LogP contribution in [0, 0.1) is 0 Å². The SMILES string of the molecule is CCCNCc1cc(Cl)ccc1OC(CC)C(=O)OCC. The van der Waals surface area contributed by atoms with E-state index in [0.29, 0.717) is 30.3 Å². The first kappa shape index (κ1) is 17.8. The average molecular weight is 314 g/mol. The Morgan fingerprint density at radius 2 is 2.10 bits per heavy atom. The second-order valence-electron chi connectivity index (χ2n) is 4.70. The molecule has 0 aliphatic heterocycles. The number of carbonyl (C=O) groups excluding carboxylic acids is 1. The first-order chi connectivity index (χ1) is 10.1. The number of hydrogen-bond acceptors (Lipinski definition) is 4. The minimum absolute atomic E-state index is 0.331. The van der Waals surface area contributed by atoms with Crippen molar-refractivity contribution in [2.75, 3.05) is 13.2 Å². The van der Waals surface area contributed by atoms with Gasteiger partial charge in [-0.05, 0) is 44.5 Å². The van der Waals surface area contributed by atoms with Crippen LogP contribution in [-0.4, -0.2) is 25.2 Å². The molecule has 0 bridgehead atoms. The Labute approximate surface area is 131 Å². The molecule has 1 atom stereocenters. The number of rotatable bonds is 9. The second-order valence-corrected chi connectivity index (χ2v) is 5.13. The third-order valence-corrected chi connectivity index (χ3v) is 3.19. The van der Waals surface area contributed by atoms with Crippen LogP contribution in [0.5, 0.6) is 5.75 Å². The first-order valence-corrected chi connectivity index (χ1v) is 7.82. The molecule has 5 heteroatoms. The number of halogens is 1. The van der Waals surface area contributed by atoms with E-state index in [4.69, 9.17) is 21.1 Å². The summed E-state index contributed by atoms with van der Waals surface area (Å²) in [5.74, 6) is 0.338.